The van der Waals surface area contributed by atoms with E-state index < -0.39 is 31.0 Å². The molecule has 7 heteroatoms. The zero-order valence-corrected chi connectivity index (χ0v) is 8.55. The fraction of sp³-hybridized carbons (Fsp3) is 0.400. The van der Waals surface area contributed by atoms with E-state index in [4.69, 9.17) is 5.73 Å². The molecular formula is C10H10F5NO. The summed E-state index contributed by atoms with van der Waals surface area (Å²) in [5.74, 6) is -0.412. The summed E-state index contributed by atoms with van der Waals surface area (Å²) in [6, 6.07) is 3.62. The SMILES string of the molecule is N[C@H](CC(F)F)c1ccc(OC(F)(F)F)cc1. The van der Waals surface area contributed by atoms with E-state index in [1.54, 1.807) is 0 Å². The molecule has 2 nitrogen and oxygen atoms in total. The second-order valence-corrected chi connectivity index (χ2v) is 3.35. The van der Waals surface area contributed by atoms with Crippen LogP contribution in [0.1, 0.15) is 18.0 Å². The Labute approximate surface area is 94.2 Å². The van der Waals surface area contributed by atoms with Crippen molar-refractivity contribution in [2.24, 2.45) is 5.73 Å². The first-order chi connectivity index (χ1) is 7.78. The Morgan fingerprint density at radius 3 is 2.06 bits per heavy atom. The van der Waals surface area contributed by atoms with Gasteiger partial charge in [-0.2, -0.15) is 0 Å². The van der Waals surface area contributed by atoms with Gasteiger partial charge in [-0.1, -0.05) is 12.1 Å². The van der Waals surface area contributed by atoms with Crippen molar-refractivity contribution in [1.29, 1.82) is 0 Å². The van der Waals surface area contributed by atoms with Crippen molar-refractivity contribution in [3.63, 3.8) is 0 Å². The van der Waals surface area contributed by atoms with Crippen LogP contribution < -0.4 is 10.5 Å². The second-order valence-electron chi connectivity index (χ2n) is 3.35. The van der Waals surface area contributed by atoms with Crippen LogP contribution in [0.2, 0.25) is 0 Å². The summed E-state index contributed by atoms with van der Waals surface area (Å²) in [5, 5.41) is 0. The molecular weight excluding hydrogens is 245 g/mol. The molecule has 0 fully saturated rings. The molecule has 0 unspecified atom stereocenters. The number of hydrogen-bond acceptors (Lipinski definition) is 2. The number of nitrogens with two attached hydrogens (primary N) is 1. The van der Waals surface area contributed by atoms with Gasteiger partial charge in [0.25, 0.3) is 0 Å². The number of hydrogen-bond donors (Lipinski definition) is 1. The average molecular weight is 255 g/mol. The highest BCUT2D eigenvalue weighted by atomic mass is 19.4. The molecule has 0 radical (unpaired) electrons. The summed E-state index contributed by atoms with van der Waals surface area (Å²) < 4.78 is 63.1. The lowest BCUT2D eigenvalue weighted by molar-refractivity contribution is -0.274. The molecule has 1 aromatic carbocycles. The number of benzene rings is 1. The molecule has 0 heterocycles. The van der Waals surface area contributed by atoms with Gasteiger partial charge in [0.15, 0.2) is 0 Å². The Balaban J connectivity index is 2.67. The van der Waals surface area contributed by atoms with Crippen LogP contribution in [0.5, 0.6) is 5.75 Å². The lowest BCUT2D eigenvalue weighted by Crippen LogP contribution is -2.17. The van der Waals surface area contributed by atoms with Gasteiger partial charge in [0.1, 0.15) is 5.75 Å². The second kappa shape index (κ2) is 5.31. The first-order valence-corrected chi connectivity index (χ1v) is 4.67. The van der Waals surface area contributed by atoms with E-state index in [1.807, 2.05) is 0 Å². The first-order valence-electron chi connectivity index (χ1n) is 4.67. The monoisotopic (exact) mass is 255 g/mol. The van der Waals surface area contributed by atoms with Gasteiger partial charge in [0.05, 0.1) is 0 Å². The Morgan fingerprint density at radius 2 is 1.65 bits per heavy atom. The van der Waals surface area contributed by atoms with Gasteiger partial charge < -0.3 is 10.5 Å². The van der Waals surface area contributed by atoms with Crippen LogP contribution in [-0.2, 0) is 0 Å². The Morgan fingerprint density at radius 1 is 1.12 bits per heavy atom. The van der Waals surface area contributed by atoms with Gasteiger partial charge in [0.2, 0.25) is 6.43 Å². The third-order valence-corrected chi connectivity index (χ3v) is 1.97. The van der Waals surface area contributed by atoms with Crippen molar-refractivity contribution in [3.8, 4) is 5.75 Å². The van der Waals surface area contributed by atoms with E-state index in [9.17, 15) is 22.0 Å². The topological polar surface area (TPSA) is 35.2 Å². The largest absolute Gasteiger partial charge is 0.573 e. The molecule has 0 aromatic heterocycles. The van der Waals surface area contributed by atoms with E-state index >= 15 is 0 Å². The van der Waals surface area contributed by atoms with Crippen molar-refractivity contribution in [2.45, 2.75) is 25.3 Å². The molecule has 0 spiro atoms. The standard InChI is InChI=1S/C10H10F5NO/c11-9(12)5-8(16)6-1-3-7(4-2-6)17-10(13,14)15/h1-4,8-9H,5,16H2/t8-/m1/s1. The Kier molecular flexibility index (Phi) is 4.28. The van der Waals surface area contributed by atoms with E-state index in [0.717, 1.165) is 12.1 Å². The summed E-state index contributed by atoms with van der Waals surface area (Å²) in [7, 11) is 0. The van der Waals surface area contributed by atoms with Crippen molar-refractivity contribution in [3.05, 3.63) is 29.8 Å². The summed E-state index contributed by atoms with van der Waals surface area (Å²) in [6.45, 7) is 0. The average Bonchev–Trinajstić information content (AvgIpc) is 2.15. The molecule has 0 bridgehead atoms. The first kappa shape index (κ1) is 13.7. The molecule has 0 aliphatic heterocycles. The molecule has 2 N–H and O–H groups in total. The molecule has 0 aliphatic rings. The number of halogens is 5. The predicted molar refractivity (Wildman–Crippen MR) is 50.7 cm³/mol. The highest BCUT2D eigenvalue weighted by Crippen LogP contribution is 2.25. The van der Waals surface area contributed by atoms with Gasteiger partial charge in [-0.25, -0.2) is 8.78 Å². The third kappa shape index (κ3) is 4.99. The molecule has 0 saturated carbocycles. The van der Waals surface area contributed by atoms with Crippen LogP contribution in [-0.4, -0.2) is 12.8 Å². The van der Waals surface area contributed by atoms with Crippen LogP contribution in [0.3, 0.4) is 0 Å². The number of alkyl halides is 5. The fourth-order valence-electron chi connectivity index (χ4n) is 1.24. The molecule has 0 amide bonds. The zero-order valence-electron chi connectivity index (χ0n) is 8.55. The quantitative estimate of drug-likeness (QED) is 0.838. The smallest absolute Gasteiger partial charge is 0.406 e. The highest BCUT2D eigenvalue weighted by molar-refractivity contribution is 5.29. The number of ether oxygens (including phenoxy) is 1. The minimum Gasteiger partial charge on any atom is -0.406 e. The highest BCUT2D eigenvalue weighted by Gasteiger charge is 2.31. The minimum absolute atomic E-state index is 0.333. The fourth-order valence-corrected chi connectivity index (χ4v) is 1.24. The number of rotatable bonds is 4. The van der Waals surface area contributed by atoms with Crippen LogP contribution in [0, 0.1) is 0 Å². The Bertz CT molecular complexity index is 349. The maximum Gasteiger partial charge on any atom is 0.573 e. The van der Waals surface area contributed by atoms with Crippen molar-refractivity contribution in [1.82, 2.24) is 0 Å². The van der Waals surface area contributed by atoms with E-state index in [0.29, 0.717) is 5.56 Å². The molecule has 0 aliphatic carbocycles. The normalized spacial score (nSPS) is 13.8. The lowest BCUT2D eigenvalue weighted by Gasteiger charge is -2.13. The Hall–Kier alpha value is -1.37. The minimum atomic E-state index is -4.77. The van der Waals surface area contributed by atoms with Crippen molar-refractivity contribution >= 4 is 0 Å². The van der Waals surface area contributed by atoms with Gasteiger partial charge in [-0.05, 0) is 17.7 Å². The third-order valence-electron chi connectivity index (χ3n) is 1.97. The maximum atomic E-state index is 12.0. The van der Waals surface area contributed by atoms with Crippen molar-refractivity contribution < 1.29 is 26.7 Å². The summed E-state index contributed by atoms with van der Waals surface area (Å²) in [6.07, 6.45) is -7.87. The van der Waals surface area contributed by atoms with Gasteiger partial charge in [-0.3, -0.25) is 0 Å². The molecule has 1 aromatic rings. The van der Waals surface area contributed by atoms with Crippen LogP contribution >= 0.6 is 0 Å². The summed E-state index contributed by atoms with van der Waals surface area (Å²) in [5.41, 5.74) is 5.76. The van der Waals surface area contributed by atoms with E-state index in [2.05, 4.69) is 4.74 Å². The van der Waals surface area contributed by atoms with Crippen LogP contribution in [0.25, 0.3) is 0 Å². The van der Waals surface area contributed by atoms with Gasteiger partial charge in [-0.15, -0.1) is 13.2 Å². The summed E-state index contributed by atoms with van der Waals surface area (Å²) >= 11 is 0. The van der Waals surface area contributed by atoms with Gasteiger partial charge >= 0.3 is 6.36 Å². The lowest BCUT2D eigenvalue weighted by atomic mass is 10.1. The molecule has 96 valence electrons. The van der Waals surface area contributed by atoms with Crippen LogP contribution in [0.15, 0.2) is 24.3 Å². The molecule has 17 heavy (non-hydrogen) atoms. The van der Waals surface area contributed by atoms with Crippen molar-refractivity contribution in [2.75, 3.05) is 0 Å². The predicted octanol–water partition coefficient (Wildman–Crippen LogP) is 3.24. The molecule has 0 saturated heterocycles. The van der Waals surface area contributed by atoms with E-state index in [-0.39, 0.29) is 0 Å². The summed E-state index contributed by atoms with van der Waals surface area (Å²) in [4.78, 5) is 0. The molecule has 1 atom stereocenters. The molecule has 1 rings (SSSR count). The maximum absolute atomic E-state index is 12.0. The van der Waals surface area contributed by atoms with E-state index in [1.165, 1.54) is 12.1 Å². The van der Waals surface area contributed by atoms with Gasteiger partial charge in [0, 0.05) is 12.5 Å². The zero-order chi connectivity index (χ0) is 13.1. The van der Waals surface area contributed by atoms with Crippen LogP contribution in [0.4, 0.5) is 22.0 Å².